The highest BCUT2D eigenvalue weighted by molar-refractivity contribution is 7.00. The number of fused-ring (bicyclic) bond motifs is 1. The molecule has 1 aliphatic rings. The molecule has 1 atom stereocenters. The van der Waals surface area contributed by atoms with Gasteiger partial charge in [0.05, 0.1) is 17.8 Å². The third-order valence-electron chi connectivity index (χ3n) is 5.21. The number of carbonyl (C=O) groups is 1. The highest BCUT2D eigenvalue weighted by Crippen LogP contribution is 2.22. The van der Waals surface area contributed by atoms with Crippen molar-refractivity contribution in [3.8, 4) is 0 Å². The van der Waals surface area contributed by atoms with Crippen LogP contribution in [0.5, 0.6) is 0 Å². The molecule has 0 bridgehead atoms. The molecule has 2 aromatic carbocycles. The zero-order valence-corrected chi connectivity index (χ0v) is 16.5. The molecule has 146 valence electrons. The minimum atomic E-state index is -0.255. The highest BCUT2D eigenvalue weighted by Gasteiger charge is 2.24. The third kappa shape index (κ3) is 4.19. The molecule has 1 amide bonds. The Hall–Kier alpha value is -2.42. The van der Waals surface area contributed by atoms with Gasteiger partial charge in [-0.1, -0.05) is 12.1 Å². The molecule has 4 rings (SSSR count). The van der Waals surface area contributed by atoms with Gasteiger partial charge >= 0.3 is 0 Å². The fourth-order valence-electron chi connectivity index (χ4n) is 3.49. The number of aromatic nitrogens is 2. The maximum atomic E-state index is 13.4. The first kappa shape index (κ1) is 18.9. The fourth-order valence-corrected chi connectivity index (χ4v) is 4.01. The molecular weight excluding hydrogens is 377 g/mol. The van der Waals surface area contributed by atoms with Crippen molar-refractivity contribution in [3.63, 3.8) is 0 Å². The van der Waals surface area contributed by atoms with Crippen molar-refractivity contribution in [2.45, 2.75) is 6.04 Å². The molecule has 2 heterocycles. The molecule has 0 radical (unpaired) electrons. The molecule has 1 unspecified atom stereocenters. The van der Waals surface area contributed by atoms with E-state index in [0.29, 0.717) is 12.1 Å². The Kier molecular flexibility index (Phi) is 5.61. The first-order valence-electron chi connectivity index (χ1n) is 9.29. The Morgan fingerprint density at radius 2 is 1.82 bits per heavy atom. The van der Waals surface area contributed by atoms with Crippen LogP contribution in [-0.2, 0) is 0 Å². The van der Waals surface area contributed by atoms with Gasteiger partial charge in [0.15, 0.2) is 0 Å². The lowest BCUT2D eigenvalue weighted by Gasteiger charge is -2.38. The van der Waals surface area contributed by atoms with Gasteiger partial charge < -0.3 is 10.2 Å². The first-order valence-corrected chi connectivity index (χ1v) is 10.0. The number of hydrogen-bond donors (Lipinski definition) is 1. The van der Waals surface area contributed by atoms with E-state index in [4.69, 9.17) is 0 Å². The minimum absolute atomic E-state index is 0.00270. The van der Waals surface area contributed by atoms with Crippen LogP contribution in [0.25, 0.3) is 11.0 Å². The molecular formula is C20H22FN5OS. The smallest absolute Gasteiger partial charge is 0.251 e. The Bertz CT molecular complexity index is 953. The van der Waals surface area contributed by atoms with Gasteiger partial charge in [-0.05, 0) is 42.9 Å². The highest BCUT2D eigenvalue weighted by atomic mass is 32.1. The summed E-state index contributed by atoms with van der Waals surface area (Å²) in [5.41, 5.74) is 3.09. The zero-order valence-electron chi connectivity index (χ0n) is 15.6. The van der Waals surface area contributed by atoms with Gasteiger partial charge in [-0.3, -0.25) is 9.69 Å². The number of nitrogens with zero attached hydrogens (tertiary/aromatic N) is 4. The van der Waals surface area contributed by atoms with E-state index in [2.05, 4.69) is 30.9 Å². The van der Waals surface area contributed by atoms with Gasteiger partial charge in [-0.25, -0.2) is 4.39 Å². The first-order chi connectivity index (χ1) is 13.6. The quantitative estimate of drug-likeness (QED) is 0.715. The van der Waals surface area contributed by atoms with Crippen LogP contribution in [-0.4, -0.2) is 64.2 Å². The standard InChI is InChI=1S/C20H22FN5OS/c1-25-8-10-26(11-9-25)19(14-2-5-16(21)6-3-14)13-22-20(27)15-4-7-17-18(12-15)24-28-23-17/h2-7,12,19H,8-11,13H2,1H3,(H,22,27). The van der Waals surface area contributed by atoms with Gasteiger partial charge in [-0.2, -0.15) is 8.75 Å². The van der Waals surface area contributed by atoms with Crippen LogP contribution in [0.2, 0.25) is 0 Å². The van der Waals surface area contributed by atoms with Crippen molar-refractivity contribution in [1.82, 2.24) is 23.9 Å². The summed E-state index contributed by atoms with van der Waals surface area (Å²) >= 11 is 1.14. The fraction of sp³-hybridized carbons (Fsp3) is 0.350. The second-order valence-electron chi connectivity index (χ2n) is 7.08. The predicted octanol–water partition coefficient (Wildman–Crippen LogP) is 2.55. The molecule has 28 heavy (non-hydrogen) atoms. The maximum absolute atomic E-state index is 13.4. The van der Waals surface area contributed by atoms with Crippen LogP contribution in [0.15, 0.2) is 42.5 Å². The van der Waals surface area contributed by atoms with Crippen molar-refractivity contribution in [2.24, 2.45) is 0 Å². The molecule has 1 aliphatic heterocycles. The molecule has 6 nitrogen and oxygen atoms in total. The summed E-state index contributed by atoms with van der Waals surface area (Å²) in [7, 11) is 2.11. The molecule has 8 heteroatoms. The molecule has 0 spiro atoms. The van der Waals surface area contributed by atoms with Gasteiger partial charge in [-0.15, -0.1) is 0 Å². The molecule has 1 fully saturated rings. The van der Waals surface area contributed by atoms with Gasteiger partial charge in [0.1, 0.15) is 16.9 Å². The Morgan fingerprint density at radius 3 is 2.57 bits per heavy atom. The molecule has 1 saturated heterocycles. The molecule has 0 aliphatic carbocycles. The largest absolute Gasteiger partial charge is 0.350 e. The van der Waals surface area contributed by atoms with Crippen LogP contribution in [0.3, 0.4) is 0 Å². The van der Waals surface area contributed by atoms with Crippen molar-refractivity contribution in [3.05, 3.63) is 59.4 Å². The number of piperazine rings is 1. The van der Waals surface area contributed by atoms with Crippen LogP contribution in [0, 0.1) is 5.82 Å². The Balaban J connectivity index is 1.49. The number of carbonyl (C=O) groups excluding carboxylic acids is 1. The normalized spacial score (nSPS) is 16.9. The van der Waals surface area contributed by atoms with E-state index in [1.807, 2.05) is 6.07 Å². The number of hydrogen-bond acceptors (Lipinski definition) is 6. The van der Waals surface area contributed by atoms with Crippen LogP contribution in [0.1, 0.15) is 22.0 Å². The number of amides is 1. The van der Waals surface area contributed by atoms with Gasteiger partial charge in [0.25, 0.3) is 5.91 Å². The number of benzene rings is 2. The molecule has 1 aromatic heterocycles. The van der Waals surface area contributed by atoms with E-state index < -0.39 is 0 Å². The van der Waals surface area contributed by atoms with Crippen molar-refractivity contribution in [1.29, 1.82) is 0 Å². The van der Waals surface area contributed by atoms with E-state index in [1.165, 1.54) is 12.1 Å². The van der Waals surface area contributed by atoms with E-state index in [1.54, 1.807) is 24.3 Å². The number of likely N-dealkylation sites (N-methyl/N-ethyl adjacent to an activating group) is 1. The van der Waals surface area contributed by atoms with Crippen LogP contribution in [0.4, 0.5) is 4.39 Å². The van der Waals surface area contributed by atoms with Gasteiger partial charge in [0, 0.05) is 38.3 Å². The van der Waals surface area contributed by atoms with Crippen LogP contribution < -0.4 is 5.32 Å². The summed E-state index contributed by atoms with van der Waals surface area (Å²) < 4.78 is 21.7. The summed E-state index contributed by atoms with van der Waals surface area (Å²) in [6, 6.07) is 11.9. The Morgan fingerprint density at radius 1 is 1.11 bits per heavy atom. The molecule has 0 saturated carbocycles. The van der Waals surface area contributed by atoms with E-state index in [-0.39, 0.29) is 17.8 Å². The molecule has 1 N–H and O–H groups in total. The molecule has 3 aromatic rings. The summed E-state index contributed by atoms with van der Waals surface area (Å²) in [5, 5.41) is 3.04. The monoisotopic (exact) mass is 399 g/mol. The second-order valence-corrected chi connectivity index (χ2v) is 7.61. The summed E-state index contributed by atoms with van der Waals surface area (Å²) in [6.07, 6.45) is 0. The lowest BCUT2D eigenvalue weighted by Crippen LogP contribution is -2.48. The third-order valence-corrected chi connectivity index (χ3v) is 5.76. The van der Waals surface area contributed by atoms with Crippen molar-refractivity contribution < 1.29 is 9.18 Å². The average Bonchev–Trinajstić information content (AvgIpc) is 3.18. The van der Waals surface area contributed by atoms with Gasteiger partial charge in [0.2, 0.25) is 0 Å². The Labute approximate surface area is 167 Å². The van der Waals surface area contributed by atoms with Crippen molar-refractivity contribution >= 4 is 28.7 Å². The number of nitrogens with one attached hydrogen (secondary N) is 1. The topological polar surface area (TPSA) is 61.4 Å². The van der Waals surface area contributed by atoms with Crippen LogP contribution >= 0.6 is 11.7 Å². The predicted molar refractivity (Wildman–Crippen MR) is 108 cm³/mol. The average molecular weight is 399 g/mol. The SMILES string of the molecule is CN1CCN(C(CNC(=O)c2ccc3nsnc3c2)c2ccc(F)cc2)CC1. The van der Waals surface area contributed by atoms with E-state index >= 15 is 0 Å². The summed E-state index contributed by atoms with van der Waals surface area (Å²) in [6.45, 7) is 4.22. The minimum Gasteiger partial charge on any atom is -0.350 e. The van der Waals surface area contributed by atoms with E-state index in [9.17, 15) is 9.18 Å². The zero-order chi connectivity index (χ0) is 19.5. The second kappa shape index (κ2) is 8.30. The summed E-state index contributed by atoms with van der Waals surface area (Å²) in [5.74, 6) is -0.397. The maximum Gasteiger partial charge on any atom is 0.251 e. The summed E-state index contributed by atoms with van der Waals surface area (Å²) in [4.78, 5) is 17.3. The number of rotatable bonds is 5. The lowest BCUT2D eigenvalue weighted by molar-refractivity contribution is 0.0886. The van der Waals surface area contributed by atoms with Crippen molar-refractivity contribution in [2.75, 3.05) is 39.8 Å². The lowest BCUT2D eigenvalue weighted by atomic mass is 10.0. The van der Waals surface area contributed by atoms with E-state index in [0.717, 1.165) is 54.5 Å². The number of halogens is 1.